The second-order valence-electron chi connectivity index (χ2n) is 14.3. The molecule has 1 fully saturated rings. The lowest BCUT2D eigenvalue weighted by molar-refractivity contribution is -0.148. The Morgan fingerprint density at radius 1 is 1.04 bits per heavy atom. The third-order valence-electron chi connectivity index (χ3n) is 10.8. The average Bonchev–Trinajstić information content (AvgIpc) is 3.13. The standard InChI is InChI=1S/C40H48ClN3O7S/c1-27-10-16-33(17-11-27)52(48,49)42-39(46)40(47)24-38(45)43(2)20-6-5-9-36(50-3)34-18-13-29(34)25-44-21-7-4-8-28-22-32(41)15-12-30(28)26-51-37-19-14-31(40)23-35(37)44/h5,9-12,14-17,19,22-23,29,34,36,47H,4,6-8,13,18,20-21,24-26H2,1-3H3,(H,42,46)/b9-5+/t29-,34+,36-,40+/m0/s1. The number of benzene rings is 3. The predicted molar refractivity (Wildman–Crippen MR) is 201 cm³/mol. The Bertz CT molecular complexity index is 1920. The quantitative estimate of drug-likeness (QED) is 0.316. The van der Waals surface area contributed by atoms with Crippen LogP contribution < -0.4 is 14.4 Å². The molecule has 0 saturated heterocycles. The van der Waals surface area contributed by atoms with Crippen LogP contribution in [-0.2, 0) is 43.0 Å². The van der Waals surface area contributed by atoms with Crippen LogP contribution in [0.3, 0.4) is 0 Å². The van der Waals surface area contributed by atoms with Gasteiger partial charge in [0.15, 0.2) is 5.60 Å². The van der Waals surface area contributed by atoms with Crippen molar-refractivity contribution in [2.24, 2.45) is 11.8 Å². The lowest BCUT2D eigenvalue weighted by atomic mass is 9.70. The molecule has 278 valence electrons. The van der Waals surface area contributed by atoms with Crippen LogP contribution in [0, 0.1) is 18.8 Å². The first-order valence-corrected chi connectivity index (χ1v) is 19.8. The van der Waals surface area contributed by atoms with Crippen LogP contribution in [-0.4, -0.2) is 70.1 Å². The number of carbonyl (C=O) groups excluding carboxylic acids is 2. The number of methoxy groups -OCH3 is 1. The molecule has 1 aliphatic carbocycles. The van der Waals surface area contributed by atoms with Crippen LogP contribution in [0.25, 0.3) is 0 Å². The molecule has 3 aromatic carbocycles. The summed E-state index contributed by atoms with van der Waals surface area (Å²) in [7, 11) is -1.05. The van der Waals surface area contributed by atoms with E-state index in [4.69, 9.17) is 21.1 Å². The molecular weight excluding hydrogens is 702 g/mol. The van der Waals surface area contributed by atoms with Gasteiger partial charge in [0.2, 0.25) is 5.91 Å². The van der Waals surface area contributed by atoms with Gasteiger partial charge in [-0.3, -0.25) is 9.59 Å². The van der Waals surface area contributed by atoms with E-state index in [2.05, 4.69) is 15.7 Å². The van der Waals surface area contributed by atoms with Gasteiger partial charge in [0, 0.05) is 38.8 Å². The van der Waals surface area contributed by atoms with Gasteiger partial charge >= 0.3 is 0 Å². The zero-order valence-corrected chi connectivity index (χ0v) is 31.6. The number of nitrogens with zero attached hydrogens (tertiary/aromatic N) is 2. The van der Waals surface area contributed by atoms with Crippen LogP contribution >= 0.6 is 11.6 Å². The van der Waals surface area contributed by atoms with Crippen molar-refractivity contribution in [3.8, 4) is 5.75 Å². The zero-order chi connectivity index (χ0) is 37.0. The maximum atomic E-state index is 14.1. The highest BCUT2D eigenvalue weighted by molar-refractivity contribution is 7.90. The smallest absolute Gasteiger partial charge is 0.270 e. The van der Waals surface area contributed by atoms with E-state index in [9.17, 15) is 23.1 Å². The molecule has 0 spiro atoms. The second kappa shape index (κ2) is 16.0. The normalized spacial score (nSPS) is 25.0. The van der Waals surface area contributed by atoms with Crippen LogP contribution in [0.2, 0.25) is 5.02 Å². The van der Waals surface area contributed by atoms with Crippen molar-refractivity contribution >= 4 is 39.1 Å². The van der Waals surface area contributed by atoms with Crippen molar-refractivity contribution < 1.29 is 32.6 Å². The van der Waals surface area contributed by atoms with Gasteiger partial charge in [0.25, 0.3) is 15.9 Å². The monoisotopic (exact) mass is 749 g/mol. The van der Waals surface area contributed by atoms with E-state index < -0.39 is 33.9 Å². The fourth-order valence-electron chi connectivity index (χ4n) is 7.40. The fourth-order valence-corrected chi connectivity index (χ4v) is 8.62. The van der Waals surface area contributed by atoms with E-state index in [-0.39, 0.29) is 23.2 Å². The first kappa shape index (κ1) is 37.8. The largest absolute Gasteiger partial charge is 0.487 e. The van der Waals surface area contributed by atoms with Crippen LogP contribution in [0.1, 0.15) is 60.8 Å². The summed E-state index contributed by atoms with van der Waals surface area (Å²) in [6, 6.07) is 16.8. The molecule has 2 aliphatic heterocycles. The van der Waals surface area contributed by atoms with E-state index in [0.717, 1.165) is 48.8 Å². The van der Waals surface area contributed by atoms with Gasteiger partial charge in [0.1, 0.15) is 12.4 Å². The molecular formula is C40H48ClN3O7S. The van der Waals surface area contributed by atoms with E-state index in [1.165, 1.54) is 17.0 Å². The third-order valence-corrected chi connectivity index (χ3v) is 12.4. The summed E-state index contributed by atoms with van der Waals surface area (Å²) >= 11 is 6.37. The average molecular weight is 750 g/mol. The number of hydrogen-bond acceptors (Lipinski definition) is 8. The van der Waals surface area contributed by atoms with E-state index in [0.29, 0.717) is 54.4 Å². The third kappa shape index (κ3) is 8.33. The van der Waals surface area contributed by atoms with Gasteiger partial charge in [0.05, 0.1) is 23.1 Å². The maximum Gasteiger partial charge on any atom is 0.270 e. The highest BCUT2D eigenvalue weighted by atomic mass is 35.5. The van der Waals surface area contributed by atoms with Crippen LogP contribution in [0.15, 0.2) is 77.7 Å². The first-order chi connectivity index (χ1) is 24.9. The molecule has 4 atom stereocenters. The Hall–Kier alpha value is -3.90. The minimum atomic E-state index is -4.39. The molecule has 6 rings (SSSR count). The Morgan fingerprint density at radius 3 is 2.56 bits per heavy atom. The molecule has 0 radical (unpaired) electrons. The van der Waals surface area contributed by atoms with Gasteiger partial charge in [-0.05, 0) is 110 Å². The minimum Gasteiger partial charge on any atom is -0.487 e. The SMILES string of the molecule is CO[C@H]1/C=C/CCN(C)C(=O)C[C@](O)(C(=O)NS(=O)(=O)c2ccc(C)cc2)c2ccc3c(c2)N(CCCCc2cc(Cl)ccc2CO3)C[C@@H]2CC[C@H]21. The number of nitrogens with one attached hydrogen (secondary N) is 1. The molecule has 2 heterocycles. The molecule has 2 N–H and O–H groups in total. The molecule has 0 aromatic heterocycles. The van der Waals surface area contributed by atoms with Gasteiger partial charge in [-0.15, -0.1) is 0 Å². The fraction of sp³-hybridized carbons (Fsp3) is 0.450. The van der Waals surface area contributed by atoms with Crippen molar-refractivity contribution in [3.05, 3.63) is 100 Å². The number of halogens is 1. The summed E-state index contributed by atoms with van der Waals surface area (Å²) in [6.07, 6.45) is 8.52. The number of aliphatic hydroxyl groups is 1. The lowest BCUT2D eigenvalue weighted by Gasteiger charge is -2.43. The number of amides is 2. The summed E-state index contributed by atoms with van der Waals surface area (Å²) in [4.78, 5) is 31.4. The summed E-state index contributed by atoms with van der Waals surface area (Å²) in [6.45, 7) is 3.78. The first-order valence-electron chi connectivity index (χ1n) is 18.0. The van der Waals surface area contributed by atoms with Crippen molar-refractivity contribution in [1.82, 2.24) is 9.62 Å². The van der Waals surface area contributed by atoms with Crippen molar-refractivity contribution in [3.63, 3.8) is 0 Å². The number of carbonyl (C=O) groups is 2. The minimum absolute atomic E-state index is 0.0674. The Kier molecular flexibility index (Phi) is 11.6. The Labute approximate surface area is 311 Å². The number of aryl methyl sites for hydroxylation is 2. The highest BCUT2D eigenvalue weighted by Crippen LogP contribution is 2.43. The molecule has 2 bridgehead atoms. The Morgan fingerprint density at radius 2 is 1.83 bits per heavy atom. The van der Waals surface area contributed by atoms with E-state index in [1.54, 1.807) is 44.5 Å². The summed E-state index contributed by atoms with van der Waals surface area (Å²) in [5.41, 5.74) is 1.20. The number of anilines is 1. The van der Waals surface area contributed by atoms with Gasteiger partial charge in [-0.25, -0.2) is 13.1 Å². The summed E-state index contributed by atoms with van der Waals surface area (Å²) in [5, 5.41) is 13.1. The number of fused-ring (bicyclic) bond motifs is 3. The Balaban J connectivity index is 1.45. The lowest BCUT2D eigenvalue weighted by Crippen LogP contribution is -2.49. The molecule has 10 nitrogen and oxygen atoms in total. The number of sulfonamides is 1. The molecule has 12 heteroatoms. The summed E-state index contributed by atoms with van der Waals surface area (Å²) < 4.78 is 41.4. The maximum absolute atomic E-state index is 14.1. The van der Waals surface area contributed by atoms with Crippen molar-refractivity contribution in [1.29, 1.82) is 0 Å². The number of rotatable bonds is 4. The number of ether oxygens (including phenoxy) is 2. The molecule has 3 aliphatic rings. The van der Waals surface area contributed by atoms with Gasteiger partial charge in [-0.1, -0.05) is 53.6 Å². The number of hydrogen-bond donors (Lipinski definition) is 2. The van der Waals surface area contributed by atoms with E-state index in [1.807, 2.05) is 31.2 Å². The highest BCUT2D eigenvalue weighted by Gasteiger charge is 2.44. The molecule has 52 heavy (non-hydrogen) atoms. The van der Waals surface area contributed by atoms with E-state index >= 15 is 0 Å². The van der Waals surface area contributed by atoms with Crippen LogP contribution in [0.4, 0.5) is 5.69 Å². The van der Waals surface area contributed by atoms with Gasteiger partial charge < -0.3 is 24.4 Å². The molecule has 1 saturated carbocycles. The van der Waals surface area contributed by atoms with Crippen LogP contribution in [0.5, 0.6) is 5.75 Å². The topological polar surface area (TPSA) is 125 Å². The predicted octanol–water partition coefficient (Wildman–Crippen LogP) is 5.91. The zero-order valence-electron chi connectivity index (χ0n) is 30.0. The molecule has 0 unspecified atom stereocenters. The molecule has 2 amide bonds. The molecule has 3 aromatic rings. The van der Waals surface area contributed by atoms with Crippen molar-refractivity contribution in [2.75, 3.05) is 38.7 Å². The van der Waals surface area contributed by atoms with Gasteiger partial charge in [-0.2, -0.15) is 0 Å². The second-order valence-corrected chi connectivity index (χ2v) is 16.4. The van der Waals surface area contributed by atoms with Crippen molar-refractivity contribution in [2.45, 2.75) is 75.1 Å². The summed E-state index contributed by atoms with van der Waals surface area (Å²) in [5.74, 6) is -0.586.